The molecule has 0 bridgehead atoms. The number of carbonyl (C=O) groups excluding carboxylic acids is 2. The van der Waals surface area contributed by atoms with E-state index in [-0.39, 0.29) is 11.4 Å². The van der Waals surface area contributed by atoms with E-state index in [2.05, 4.69) is 5.32 Å². The summed E-state index contributed by atoms with van der Waals surface area (Å²) in [5, 5.41) is 13.5. The van der Waals surface area contributed by atoms with Gasteiger partial charge in [0.1, 0.15) is 0 Å². The van der Waals surface area contributed by atoms with E-state index in [0.717, 1.165) is 0 Å². The number of benzene rings is 2. The number of primary amides is 1. The number of nitrogens with two attached hydrogens (primary N) is 1. The zero-order valence-corrected chi connectivity index (χ0v) is 12.8. The highest BCUT2D eigenvalue weighted by Gasteiger charge is 2.20. The smallest absolute Gasteiger partial charge is 0.310 e. The van der Waals surface area contributed by atoms with Crippen molar-refractivity contribution >= 4 is 23.2 Å². The van der Waals surface area contributed by atoms with Crippen LogP contribution < -0.4 is 15.8 Å². The first-order valence-corrected chi connectivity index (χ1v) is 6.99. The zero-order valence-electron chi connectivity index (χ0n) is 12.8. The summed E-state index contributed by atoms with van der Waals surface area (Å²) in [6, 6.07) is 11.8. The summed E-state index contributed by atoms with van der Waals surface area (Å²) in [4.78, 5) is 33.5. The van der Waals surface area contributed by atoms with Crippen LogP contribution in [0.2, 0.25) is 0 Å². The minimum Gasteiger partial charge on any atom is -0.474 e. The number of anilines is 1. The van der Waals surface area contributed by atoms with E-state index in [4.69, 9.17) is 10.5 Å². The van der Waals surface area contributed by atoms with Crippen LogP contribution >= 0.6 is 0 Å². The van der Waals surface area contributed by atoms with Crippen molar-refractivity contribution in [3.05, 3.63) is 64.2 Å². The first kappa shape index (κ1) is 16.9. The summed E-state index contributed by atoms with van der Waals surface area (Å²) >= 11 is 0. The van der Waals surface area contributed by atoms with Gasteiger partial charge in [-0.25, -0.2) is 0 Å². The SMILES string of the molecule is C[C@@H](Oc1ccccc1[N+](=O)[O-])C(=O)Nc1ccc(C(N)=O)cc1. The van der Waals surface area contributed by atoms with E-state index in [9.17, 15) is 19.7 Å². The standard InChI is InChI=1S/C16H15N3O5/c1-10(24-14-5-3-2-4-13(14)19(22)23)16(21)18-12-8-6-11(7-9-12)15(17)20/h2-10H,1H3,(H2,17,20)(H,18,21)/t10-/m1/s1. The molecule has 0 fully saturated rings. The van der Waals surface area contributed by atoms with Gasteiger partial charge in [-0.3, -0.25) is 19.7 Å². The number of carbonyl (C=O) groups is 2. The maximum absolute atomic E-state index is 12.1. The molecular weight excluding hydrogens is 314 g/mol. The molecule has 8 heteroatoms. The van der Waals surface area contributed by atoms with Crippen LogP contribution in [0.5, 0.6) is 5.75 Å². The molecule has 0 saturated heterocycles. The van der Waals surface area contributed by atoms with E-state index < -0.39 is 22.8 Å². The van der Waals surface area contributed by atoms with E-state index in [1.165, 1.54) is 49.4 Å². The van der Waals surface area contributed by atoms with Crippen LogP contribution in [0.15, 0.2) is 48.5 Å². The molecule has 24 heavy (non-hydrogen) atoms. The van der Waals surface area contributed by atoms with Gasteiger partial charge in [0.25, 0.3) is 5.91 Å². The Morgan fingerprint density at radius 3 is 2.38 bits per heavy atom. The Labute approximate surface area is 137 Å². The number of hydrogen-bond donors (Lipinski definition) is 2. The molecule has 2 amide bonds. The van der Waals surface area contributed by atoms with Crippen LogP contribution in [0.1, 0.15) is 17.3 Å². The van der Waals surface area contributed by atoms with Crippen molar-refractivity contribution in [2.75, 3.05) is 5.32 Å². The number of rotatable bonds is 6. The van der Waals surface area contributed by atoms with Gasteiger partial charge in [0.2, 0.25) is 5.91 Å². The quantitative estimate of drug-likeness (QED) is 0.620. The molecule has 0 aromatic heterocycles. The van der Waals surface area contributed by atoms with Crippen molar-refractivity contribution in [3.8, 4) is 5.75 Å². The molecule has 0 saturated carbocycles. The molecule has 0 unspecified atom stereocenters. The van der Waals surface area contributed by atoms with Crippen molar-refractivity contribution in [2.45, 2.75) is 13.0 Å². The lowest BCUT2D eigenvalue weighted by Gasteiger charge is -2.14. The molecule has 2 rings (SSSR count). The van der Waals surface area contributed by atoms with Gasteiger partial charge < -0.3 is 15.8 Å². The van der Waals surface area contributed by atoms with Gasteiger partial charge in [-0.15, -0.1) is 0 Å². The van der Waals surface area contributed by atoms with Gasteiger partial charge in [-0.2, -0.15) is 0 Å². The van der Waals surface area contributed by atoms with Gasteiger partial charge in [0.05, 0.1) is 4.92 Å². The van der Waals surface area contributed by atoms with Crippen LogP contribution in [0.25, 0.3) is 0 Å². The number of hydrogen-bond acceptors (Lipinski definition) is 5. The Kier molecular flexibility index (Phi) is 5.10. The van der Waals surface area contributed by atoms with Gasteiger partial charge in [-0.05, 0) is 37.3 Å². The number of nitro benzene ring substituents is 1. The molecule has 0 radical (unpaired) electrons. The van der Waals surface area contributed by atoms with Crippen molar-refractivity contribution in [3.63, 3.8) is 0 Å². The average Bonchev–Trinajstić information content (AvgIpc) is 2.55. The molecule has 0 aliphatic heterocycles. The molecule has 2 aromatic rings. The van der Waals surface area contributed by atoms with Gasteiger partial charge in [0, 0.05) is 17.3 Å². The number of nitrogens with one attached hydrogen (secondary N) is 1. The number of nitrogens with zero attached hydrogens (tertiary/aromatic N) is 1. The van der Waals surface area contributed by atoms with Crippen molar-refractivity contribution in [2.24, 2.45) is 5.73 Å². The molecule has 1 atom stereocenters. The van der Waals surface area contributed by atoms with E-state index in [1.807, 2.05) is 0 Å². The summed E-state index contributed by atoms with van der Waals surface area (Å²) in [7, 11) is 0. The molecule has 0 aliphatic carbocycles. The molecule has 2 aromatic carbocycles. The minimum absolute atomic E-state index is 0.00854. The van der Waals surface area contributed by atoms with Crippen LogP contribution in [-0.4, -0.2) is 22.8 Å². The van der Waals surface area contributed by atoms with E-state index in [1.54, 1.807) is 6.07 Å². The fourth-order valence-corrected chi connectivity index (χ4v) is 1.91. The second-order valence-electron chi connectivity index (χ2n) is 4.92. The lowest BCUT2D eigenvalue weighted by atomic mass is 10.2. The Bertz CT molecular complexity index is 774. The van der Waals surface area contributed by atoms with Crippen LogP contribution in [0.3, 0.4) is 0 Å². The normalized spacial score (nSPS) is 11.4. The minimum atomic E-state index is -0.957. The Balaban J connectivity index is 2.05. The molecule has 0 aliphatic rings. The molecule has 0 heterocycles. The Morgan fingerprint density at radius 2 is 1.79 bits per heavy atom. The highest BCUT2D eigenvalue weighted by molar-refractivity contribution is 5.96. The lowest BCUT2D eigenvalue weighted by molar-refractivity contribution is -0.386. The molecule has 8 nitrogen and oxygen atoms in total. The van der Waals surface area contributed by atoms with Crippen molar-refractivity contribution in [1.82, 2.24) is 0 Å². The summed E-state index contributed by atoms with van der Waals surface area (Å²) in [6.45, 7) is 1.48. The number of para-hydroxylation sites is 2. The first-order chi connectivity index (χ1) is 11.4. The van der Waals surface area contributed by atoms with Crippen LogP contribution in [-0.2, 0) is 4.79 Å². The summed E-state index contributed by atoms with van der Waals surface area (Å²) in [5.74, 6) is -1.05. The fourth-order valence-electron chi connectivity index (χ4n) is 1.91. The maximum atomic E-state index is 12.1. The number of ether oxygens (including phenoxy) is 1. The zero-order chi connectivity index (χ0) is 17.7. The topological polar surface area (TPSA) is 125 Å². The van der Waals surface area contributed by atoms with E-state index >= 15 is 0 Å². The predicted molar refractivity (Wildman–Crippen MR) is 86.8 cm³/mol. The molecule has 0 spiro atoms. The fraction of sp³-hybridized carbons (Fsp3) is 0.125. The average molecular weight is 329 g/mol. The third kappa shape index (κ3) is 4.07. The third-order valence-corrected chi connectivity index (χ3v) is 3.17. The first-order valence-electron chi connectivity index (χ1n) is 6.99. The molecular formula is C16H15N3O5. The Hall–Kier alpha value is -3.42. The van der Waals surface area contributed by atoms with Gasteiger partial charge in [0.15, 0.2) is 11.9 Å². The maximum Gasteiger partial charge on any atom is 0.310 e. The van der Waals surface area contributed by atoms with Gasteiger partial charge in [-0.1, -0.05) is 12.1 Å². The molecule has 124 valence electrons. The summed E-state index contributed by atoms with van der Waals surface area (Å²) in [5.41, 5.74) is 5.68. The lowest BCUT2D eigenvalue weighted by Crippen LogP contribution is -2.30. The third-order valence-electron chi connectivity index (χ3n) is 3.17. The highest BCUT2D eigenvalue weighted by atomic mass is 16.6. The largest absolute Gasteiger partial charge is 0.474 e. The van der Waals surface area contributed by atoms with Gasteiger partial charge >= 0.3 is 5.69 Å². The summed E-state index contributed by atoms with van der Waals surface area (Å²) < 4.78 is 5.37. The second-order valence-corrected chi connectivity index (χ2v) is 4.92. The van der Waals surface area contributed by atoms with Crippen LogP contribution in [0.4, 0.5) is 11.4 Å². The highest BCUT2D eigenvalue weighted by Crippen LogP contribution is 2.27. The monoisotopic (exact) mass is 329 g/mol. The number of amides is 2. The van der Waals surface area contributed by atoms with E-state index in [0.29, 0.717) is 11.3 Å². The van der Waals surface area contributed by atoms with Crippen molar-refractivity contribution < 1.29 is 19.2 Å². The van der Waals surface area contributed by atoms with Crippen LogP contribution in [0, 0.1) is 10.1 Å². The Morgan fingerprint density at radius 1 is 1.17 bits per heavy atom. The number of nitro groups is 1. The summed E-state index contributed by atoms with van der Waals surface area (Å²) in [6.07, 6.45) is -0.957. The molecule has 3 N–H and O–H groups in total. The second kappa shape index (κ2) is 7.23. The predicted octanol–water partition coefficient (Wildman–Crippen LogP) is 2.10. The van der Waals surface area contributed by atoms with Crippen molar-refractivity contribution in [1.29, 1.82) is 0 Å².